The molecule has 0 bridgehead atoms. The van der Waals surface area contributed by atoms with Gasteiger partial charge in [-0.2, -0.15) is 0 Å². The Morgan fingerprint density at radius 3 is 2.84 bits per heavy atom. The van der Waals surface area contributed by atoms with Crippen LogP contribution >= 0.6 is 11.6 Å². The molecule has 2 heterocycles. The van der Waals surface area contributed by atoms with E-state index in [1.807, 2.05) is 0 Å². The predicted octanol–water partition coefficient (Wildman–Crippen LogP) is 0.745. The van der Waals surface area contributed by atoms with Gasteiger partial charge >= 0.3 is 0 Å². The molecule has 1 aliphatic heterocycles. The number of sulfone groups is 1. The second-order valence-corrected chi connectivity index (χ2v) is 7.24. The van der Waals surface area contributed by atoms with Gasteiger partial charge in [0.25, 0.3) is 5.91 Å². The van der Waals surface area contributed by atoms with E-state index >= 15 is 0 Å². The maximum absolute atomic E-state index is 11.9. The first kappa shape index (κ1) is 14.2. The Morgan fingerprint density at radius 1 is 1.53 bits per heavy atom. The van der Waals surface area contributed by atoms with Crippen LogP contribution in [0.2, 0.25) is 5.28 Å². The van der Waals surface area contributed by atoms with Crippen LogP contribution in [-0.2, 0) is 9.84 Å². The molecule has 104 valence electrons. The lowest BCUT2D eigenvalue weighted by atomic mass is 10.2. The highest BCUT2D eigenvalue weighted by Crippen LogP contribution is 2.19. The molecule has 1 fully saturated rings. The monoisotopic (exact) mass is 303 g/mol. The van der Waals surface area contributed by atoms with Crippen LogP contribution in [-0.4, -0.2) is 41.8 Å². The average Bonchev–Trinajstić information content (AvgIpc) is 2.64. The van der Waals surface area contributed by atoms with Crippen molar-refractivity contribution >= 4 is 27.3 Å². The lowest BCUT2D eigenvalue weighted by Crippen LogP contribution is -2.35. The molecule has 1 unspecified atom stereocenters. The van der Waals surface area contributed by atoms with Gasteiger partial charge in [0, 0.05) is 12.2 Å². The summed E-state index contributed by atoms with van der Waals surface area (Å²) in [5.74, 6) is -0.235. The van der Waals surface area contributed by atoms with Gasteiger partial charge in [-0.3, -0.25) is 4.79 Å². The molecule has 19 heavy (non-hydrogen) atoms. The van der Waals surface area contributed by atoms with Gasteiger partial charge in [0.05, 0.1) is 11.0 Å². The Balaban J connectivity index is 2.02. The Morgan fingerprint density at radius 2 is 2.26 bits per heavy atom. The largest absolute Gasteiger partial charge is 0.349 e. The number of amides is 1. The van der Waals surface area contributed by atoms with E-state index in [-0.39, 0.29) is 23.3 Å². The topological polar surface area (TPSA) is 89.0 Å². The summed E-state index contributed by atoms with van der Waals surface area (Å²) in [7, 11) is -3.05. The number of halogens is 1. The minimum atomic E-state index is -3.05. The number of hydrogen-bond acceptors (Lipinski definition) is 5. The first-order chi connectivity index (χ1) is 8.88. The van der Waals surface area contributed by atoms with Crippen molar-refractivity contribution in [3.05, 3.63) is 22.7 Å². The van der Waals surface area contributed by atoms with Crippen molar-refractivity contribution in [1.29, 1.82) is 0 Å². The summed E-state index contributed by atoms with van der Waals surface area (Å²) in [6, 6.07) is 1.50. The van der Waals surface area contributed by atoms with Crippen LogP contribution in [0.25, 0.3) is 0 Å². The Labute approximate surface area is 116 Å². The van der Waals surface area contributed by atoms with E-state index in [0.717, 1.165) is 0 Å². The molecular weight excluding hydrogens is 290 g/mol. The molecule has 0 aromatic carbocycles. The molecule has 6 nitrogen and oxygen atoms in total. The second kappa shape index (κ2) is 5.42. The molecule has 0 radical (unpaired) electrons. The van der Waals surface area contributed by atoms with Crippen LogP contribution in [0.15, 0.2) is 6.07 Å². The summed E-state index contributed by atoms with van der Waals surface area (Å²) < 4.78 is 23.2. The summed E-state index contributed by atoms with van der Waals surface area (Å²) in [5.41, 5.74) is 0.728. The molecule has 8 heteroatoms. The smallest absolute Gasteiger partial charge is 0.270 e. The third kappa shape index (κ3) is 3.42. The van der Waals surface area contributed by atoms with Crippen LogP contribution in [0.4, 0.5) is 0 Å². The first-order valence-corrected chi connectivity index (χ1v) is 7.99. The van der Waals surface area contributed by atoms with Gasteiger partial charge in [-0.1, -0.05) is 0 Å². The molecule has 1 aliphatic rings. The highest BCUT2D eigenvalue weighted by Gasteiger charge is 2.31. The molecule has 1 atom stereocenters. The Hall–Kier alpha value is -1.21. The molecule has 0 spiro atoms. The minimum absolute atomic E-state index is 0.00126. The molecule has 1 saturated heterocycles. The van der Waals surface area contributed by atoms with E-state index < -0.39 is 21.0 Å². The van der Waals surface area contributed by atoms with Crippen LogP contribution in [0.3, 0.4) is 0 Å². The van der Waals surface area contributed by atoms with E-state index in [2.05, 4.69) is 15.3 Å². The van der Waals surface area contributed by atoms with Crippen LogP contribution in [0, 0.1) is 6.92 Å². The maximum Gasteiger partial charge on any atom is 0.270 e. The van der Waals surface area contributed by atoms with Crippen LogP contribution in [0.1, 0.15) is 29.0 Å². The number of hydrogen-bond donors (Lipinski definition) is 1. The summed E-state index contributed by atoms with van der Waals surface area (Å²) >= 11 is 5.67. The lowest BCUT2D eigenvalue weighted by Gasteiger charge is -2.10. The van der Waals surface area contributed by atoms with Gasteiger partial charge in [0.1, 0.15) is 5.69 Å². The number of carbonyl (C=O) groups is 1. The summed E-state index contributed by atoms with van der Waals surface area (Å²) in [6.07, 6.45) is 1.24. The van der Waals surface area contributed by atoms with Gasteiger partial charge in [0.15, 0.2) is 9.84 Å². The molecule has 0 saturated carbocycles. The summed E-state index contributed by atoms with van der Waals surface area (Å²) in [6.45, 7) is 1.81. The molecule has 1 aromatic rings. The zero-order valence-corrected chi connectivity index (χ0v) is 12.0. The average molecular weight is 304 g/mol. The minimum Gasteiger partial charge on any atom is -0.349 e. The van der Waals surface area contributed by atoms with Gasteiger partial charge in [-0.25, -0.2) is 18.4 Å². The lowest BCUT2D eigenvalue weighted by molar-refractivity contribution is 0.0948. The molecule has 2 rings (SSSR count). The first-order valence-electron chi connectivity index (χ1n) is 5.89. The van der Waals surface area contributed by atoms with Crippen molar-refractivity contribution in [2.75, 3.05) is 12.3 Å². The molecule has 1 N–H and O–H groups in total. The fourth-order valence-electron chi connectivity index (χ4n) is 2.03. The molecule has 0 aliphatic carbocycles. The quantitative estimate of drug-likeness (QED) is 0.832. The van der Waals surface area contributed by atoms with Crippen LogP contribution < -0.4 is 5.32 Å². The van der Waals surface area contributed by atoms with Crippen molar-refractivity contribution in [1.82, 2.24) is 15.3 Å². The van der Waals surface area contributed by atoms with Crippen molar-refractivity contribution in [3.8, 4) is 0 Å². The predicted molar refractivity (Wildman–Crippen MR) is 70.9 cm³/mol. The third-order valence-electron chi connectivity index (χ3n) is 3.01. The van der Waals surface area contributed by atoms with Crippen molar-refractivity contribution in [2.24, 2.45) is 0 Å². The number of carbonyl (C=O) groups excluding carboxylic acids is 1. The van der Waals surface area contributed by atoms with Crippen LogP contribution in [0.5, 0.6) is 0 Å². The SMILES string of the molecule is Cc1cc(C(=O)NCC2CCCS2(=O)=O)nc(Cl)n1. The fraction of sp³-hybridized carbons (Fsp3) is 0.545. The summed E-state index contributed by atoms with van der Waals surface area (Å²) in [5, 5.41) is 2.09. The van der Waals surface area contributed by atoms with E-state index in [1.54, 1.807) is 6.92 Å². The van der Waals surface area contributed by atoms with Gasteiger partial charge in [0.2, 0.25) is 5.28 Å². The fourth-order valence-corrected chi connectivity index (χ4v) is 4.02. The second-order valence-electron chi connectivity index (χ2n) is 4.50. The van der Waals surface area contributed by atoms with Crippen molar-refractivity contribution in [3.63, 3.8) is 0 Å². The van der Waals surface area contributed by atoms with E-state index in [9.17, 15) is 13.2 Å². The number of aryl methyl sites for hydroxylation is 1. The zero-order chi connectivity index (χ0) is 14.0. The molecular formula is C11H14ClN3O3S. The van der Waals surface area contributed by atoms with E-state index in [0.29, 0.717) is 18.5 Å². The van der Waals surface area contributed by atoms with Gasteiger partial charge in [-0.15, -0.1) is 0 Å². The normalized spacial score (nSPS) is 21.3. The summed E-state index contributed by atoms with van der Waals surface area (Å²) in [4.78, 5) is 19.5. The van der Waals surface area contributed by atoms with Crippen molar-refractivity contribution < 1.29 is 13.2 Å². The highest BCUT2D eigenvalue weighted by atomic mass is 35.5. The Bertz CT molecular complexity index is 583. The zero-order valence-electron chi connectivity index (χ0n) is 10.4. The number of nitrogens with zero attached hydrogens (tertiary/aromatic N) is 2. The number of aromatic nitrogens is 2. The van der Waals surface area contributed by atoms with Gasteiger partial charge < -0.3 is 5.32 Å². The number of nitrogens with one attached hydrogen (secondary N) is 1. The highest BCUT2D eigenvalue weighted by molar-refractivity contribution is 7.92. The maximum atomic E-state index is 11.9. The van der Waals surface area contributed by atoms with E-state index in [4.69, 9.17) is 11.6 Å². The van der Waals surface area contributed by atoms with Crippen molar-refractivity contribution in [2.45, 2.75) is 25.0 Å². The number of rotatable bonds is 3. The molecule has 1 aromatic heterocycles. The van der Waals surface area contributed by atoms with E-state index in [1.165, 1.54) is 6.07 Å². The third-order valence-corrected chi connectivity index (χ3v) is 5.46. The van der Waals surface area contributed by atoms with Gasteiger partial charge in [-0.05, 0) is 37.4 Å². The Kier molecular flexibility index (Phi) is 4.05. The standard InChI is InChI=1S/C11H14ClN3O3S/c1-7-5-9(15-11(12)14-7)10(16)13-6-8-3-2-4-19(8,17)18/h5,8H,2-4,6H2,1H3,(H,13,16). The molecule has 1 amide bonds.